The maximum Gasteiger partial charge on any atom is 0.389 e. The fourth-order valence-electron chi connectivity index (χ4n) is 7.40. The van der Waals surface area contributed by atoms with Gasteiger partial charge >= 0.3 is 5.97 Å². The van der Waals surface area contributed by atoms with Crippen molar-refractivity contribution in [1.82, 2.24) is 20.1 Å². The molecule has 0 atom stereocenters. The van der Waals surface area contributed by atoms with E-state index in [0.717, 1.165) is 38.2 Å². The zero-order valence-electron chi connectivity index (χ0n) is 31.6. The maximum atomic E-state index is 14.6. The molecule has 0 fully saturated rings. The molecule has 2 heterocycles. The number of fused-ring (bicyclic) bond motifs is 1. The Hall–Kier alpha value is -7.69. The van der Waals surface area contributed by atoms with E-state index in [-0.39, 0.29) is 11.4 Å². The molecule has 0 aliphatic rings. The number of benzene rings is 7. The molecule has 0 saturated heterocycles. The minimum Gasteiger partial charge on any atom is -0.374 e. The third kappa shape index (κ3) is 7.13. The summed E-state index contributed by atoms with van der Waals surface area (Å²) in [6.07, 6.45) is 0. The first-order valence-corrected chi connectivity index (χ1v) is 19.9. The van der Waals surface area contributed by atoms with E-state index < -0.39 is 17.1 Å². The number of anilines is 1. The topological polar surface area (TPSA) is 104 Å². The molecule has 9 nitrogen and oxygen atoms in total. The molecule has 0 saturated carbocycles. The number of nitrogens with one attached hydrogen (secondary N) is 1. The van der Waals surface area contributed by atoms with Crippen LogP contribution in [0.5, 0.6) is 0 Å². The zero-order valence-corrected chi connectivity index (χ0v) is 32.4. The van der Waals surface area contributed by atoms with Crippen LogP contribution < -0.4 is 10.2 Å². The summed E-state index contributed by atoms with van der Waals surface area (Å²) >= 11 is 1.34. The summed E-state index contributed by atoms with van der Waals surface area (Å²) in [5.41, 5.74) is 4.39. The van der Waals surface area contributed by atoms with Crippen LogP contribution in [0.2, 0.25) is 0 Å². The molecular weight excluding hydrogens is 753 g/mol. The van der Waals surface area contributed by atoms with E-state index in [1.54, 1.807) is 17.5 Å². The number of rotatable bonds is 13. The molecule has 9 rings (SSSR count). The number of carbonyl (C=O) groups excluding carboxylic acids is 1. The lowest BCUT2D eigenvalue weighted by molar-refractivity contribution is -0.137. The molecule has 0 spiro atoms. The lowest BCUT2D eigenvalue weighted by atomic mass is 9.77. The molecule has 0 amide bonds. The highest BCUT2D eigenvalue weighted by atomic mass is 32.1. The van der Waals surface area contributed by atoms with Gasteiger partial charge in [0.2, 0.25) is 11.3 Å². The second-order valence-corrected chi connectivity index (χ2v) is 14.5. The van der Waals surface area contributed by atoms with Crippen LogP contribution in [0, 0.1) is 0 Å². The minimum atomic E-state index is -1.28. The Labute approximate surface area is 344 Å². The number of hydrogen-bond donors (Lipinski definition) is 1. The Kier molecular flexibility index (Phi) is 10.3. The first kappa shape index (κ1) is 36.9. The molecule has 0 unspecified atom stereocenters. The van der Waals surface area contributed by atoms with Crippen LogP contribution in [0.1, 0.15) is 39.1 Å². The van der Waals surface area contributed by atoms with Gasteiger partial charge in [0.15, 0.2) is 5.13 Å². The Morgan fingerprint density at radius 3 is 1.46 bits per heavy atom. The van der Waals surface area contributed by atoms with Crippen LogP contribution in [0.25, 0.3) is 11.0 Å². The van der Waals surface area contributed by atoms with Crippen molar-refractivity contribution >= 4 is 39.2 Å². The molecule has 7 aromatic carbocycles. The quantitative estimate of drug-likeness (QED) is 0.0537. The van der Waals surface area contributed by atoms with E-state index in [2.05, 4.69) is 52.0 Å². The summed E-state index contributed by atoms with van der Waals surface area (Å²) < 4.78 is 0. The molecule has 286 valence electrons. The van der Waals surface area contributed by atoms with Crippen molar-refractivity contribution in [3.8, 4) is 0 Å². The predicted molar refractivity (Wildman–Crippen MR) is 231 cm³/mol. The van der Waals surface area contributed by atoms with Gasteiger partial charge in [-0.3, -0.25) is 0 Å². The van der Waals surface area contributed by atoms with Gasteiger partial charge in [0.25, 0.3) is 0 Å². The van der Waals surface area contributed by atoms with E-state index >= 15 is 0 Å². The Bertz CT molecular complexity index is 2620. The van der Waals surface area contributed by atoms with Gasteiger partial charge in [-0.15, -0.1) is 16.4 Å². The number of nitrogens with zero attached hydrogens (tertiary/aromatic N) is 5. The molecule has 10 heteroatoms. The van der Waals surface area contributed by atoms with Crippen LogP contribution in [0.3, 0.4) is 0 Å². The molecular formula is C49H36N6O3S. The summed E-state index contributed by atoms with van der Waals surface area (Å²) in [6, 6.07) is 67.4. The van der Waals surface area contributed by atoms with Crippen molar-refractivity contribution in [1.29, 1.82) is 0 Å². The highest BCUT2D eigenvalue weighted by Gasteiger charge is 2.41. The van der Waals surface area contributed by atoms with Crippen molar-refractivity contribution in [3.05, 3.63) is 251 Å². The molecule has 0 bridgehead atoms. The number of aromatic nitrogens is 4. The van der Waals surface area contributed by atoms with Gasteiger partial charge in [-0.05, 0) is 34.0 Å². The second-order valence-electron chi connectivity index (χ2n) is 13.7. The normalized spacial score (nSPS) is 11.9. The van der Waals surface area contributed by atoms with E-state index in [4.69, 9.17) is 19.8 Å². The number of para-hydroxylation sites is 1. The van der Waals surface area contributed by atoms with E-state index in [1.165, 1.54) is 11.3 Å². The minimum absolute atomic E-state index is 0.175. The molecule has 0 aliphatic heterocycles. The Morgan fingerprint density at radius 2 is 0.983 bits per heavy atom. The summed E-state index contributed by atoms with van der Waals surface area (Å²) in [7, 11) is 0. The summed E-state index contributed by atoms with van der Waals surface area (Å²) in [5.74, 6) is -0.846. The number of hydrogen-bond acceptors (Lipinski definition) is 9. The fraction of sp³-hybridized carbons (Fsp3) is 0.0408. The number of thiazole rings is 1. The lowest BCUT2D eigenvalue weighted by Gasteiger charge is -2.36. The SMILES string of the molecule is O=C(On1nnc2ccccc21)C(=NOC(c1ccccc1)(c1ccccc1)c1ccccc1)c1csc(NC(c2ccccc2)(c2ccccc2)c2ccccc2)n1. The smallest absolute Gasteiger partial charge is 0.374 e. The molecule has 59 heavy (non-hydrogen) atoms. The van der Waals surface area contributed by atoms with Crippen molar-refractivity contribution < 1.29 is 14.5 Å². The van der Waals surface area contributed by atoms with Crippen molar-refractivity contribution in [3.63, 3.8) is 0 Å². The second kappa shape index (κ2) is 16.4. The number of carbonyl (C=O) groups is 1. The lowest BCUT2D eigenvalue weighted by Crippen LogP contribution is -2.38. The molecule has 1 N–H and O–H groups in total. The maximum absolute atomic E-state index is 14.6. The van der Waals surface area contributed by atoms with E-state index in [1.807, 2.05) is 158 Å². The molecule has 0 radical (unpaired) electrons. The van der Waals surface area contributed by atoms with Gasteiger partial charge in [0, 0.05) is 22.1 Å². The van der Waals surface area contributed by atoms with Gasteiger partial charge in [-0.2, -0.15) is 0 Å². The highest BCUT2D eigenvalue weighted by Crippen LogP contribution is 2.42. The zero-order chi connectivity index (χ0) is 39.9. The number of oxime groups is 1. The summed E-state index contributed by atoms with van der Waals surface area (Å²) in [5, 5.41) is 19.1. The molecule has 9 aromatic rings. The predicted octanol–water partition coefficient (Wildman–Crippen LogP) is 9.66. The Balaban J connectivity index is 1.20. The van der Waals surface area contributed by atoms with Crippen molar-refractivity contribution in [2.75, 3.05) is 5.32 Å². The van der Waals surface area contributed by atoms with E-state index in [9.17, 15) is 4.79 Å². The molecule has 2 aromatic heterocycles. The van der Waals surface area contributed by atoms with Crippen LogP contribution in [-0.2, 0) is 20.8 Å². The Morgan fingerprint density at radius 1 is 0.559 bits per heavy atom. The average molecular weight is 789 g/mol. The highest BCUT2D eigenvalue weighted by molar-refractivity contribution is 7.14. The standard InChI is InChI=1S/C49H36N6O3S/c56-46(57-55-44-34-20-19-33-42(44)52-54-55)45(53-58-49(39-27-13-4-14-28-39,40-29-15-5-16-30-40)41-31-17-6-18-32-41)43-35-59-47(50-43)51-48(36-21-7-1-8-22-36,37-23-9-2-10-24-37)38-25-11-3-12-26-38/h1-35H,(H,50,51). The largest absolute Gasteiger partial charge is 0.389 e. The van der Waals surface area contributed by atoms with Gasteiger partial charge in [0.1, 0.15) is 22.3 Å². The van der Waals surface area contributed by atoms with Gasteiger partial charge in [-0.1, -0.05) is 204 Å². The van der Waals surface area contributed by atoms with Gasteiger partial charge < -0.3 is 15.0 Å². The van der Waals surface area contributed by atoms with Gasteiger partial charge in [0.05, 0.1) is 0 Å². The van der Waals surface area contributed by atoms with Crippen LogP contribution in [0.15, 0.2) is 217 Å². The first-order chi connectivity index (χ1) is 29.1. The first-order valence-electron chi connectivity index (χ1n) is 19.0. The third-order valence-corrected chi connectivity index (χ3v) is 10.9. The summed E-state index contributed by atoms with van der Waals surface area (Å²) in [4.78, 5) is 33.5. The fourth-order valence-corrected chi connectivity index (χ4v) is 8.15. The average Bonchev–Trinajstić information content (AvgIpc) is 3.95. The van der Waals surface area contributed by atoms with Crippen LogP contribution in [0.4, 0.5) is 5.13 Å². The van der Waals surface area contributed by atoms with Crippen LogP contribution in [-0.4, -0.2) is 31.8 Å². The third-order valence-electron chi connectivity index (χ3n) is 10.2. The molecule has 0 aliphatic carbocycles. The van der Waals surface area contributed by atoms with Crippen molar-refractivity contribution in [2.24, 2.45) is 5.16 Å². The monoisotopic (exact) mass is 788 g/mol. The van der Waals surface area contributed by atoms with Crippen LogP contribution >= 0.6 is 11.3 Å². The van der Waals surface area contributed by atoms with Crippen molar-refractivity contribution in [2.45, 2.75) is 11.1 Å². The summed E-state index contributed by atoms with van der Waals surface area (Å²) in [6.45, 7) is 0. The van der Waals surface area contributed by atoms with Gasteiger partial charge in [-0.25, -0.2) is 9.78 Å². The van der Waals surface area contributed by atoms with E-state index in [0.29, 0.717) is 16.2 Å².